The van der Waals surface area contributed by atoms with E-state index >= 15 is 0 Å². The number of halogens is 1. The number of hydrogen-bond donors (Lipinski definition) is 4. The summed E-state index contributed by atoms with van der Waals surface area (Å²) in [7, 11) is -2.35. The van der Waals surface area contributed by atoms with Gasteiger partial charge in [-0.3, -0.25) is 0 Å². The minimum Gasteiger partial charge on any atom is -0.393 e. The number of rotatable bonds is 8. The van der Waals surface area contributed by atoms with Crippen LogP contribution in [-0.2, 0) is 9.47 Å². The average Bonchev–Trinajstić information content (AvgIpc) is 3.42. The quantitative estimate of drug-likeness (QED) is 0.356. The maximum Gasteiger partial charge on any atom is 0.226 e. The van der Waals surface area contributed by atoms with E-state index < -0.39 is 20.8 Å². The first-order valence-electron chi connectivity index (χ1n) is 9.77. The van der Waals surface area contributed by atoms with Gasteiger partial charge in [0.25, 0.3) is 0 Å². The van der Waals surface area contributed by atoms with Gasteiger partial charge in [0.1, 0.15) is 11.7 Å². The summed E-state index contributed by atoms with van der Waals surface area (Å²) in [4.78, 5) is 27.1. The summed E-state index contributed by atoms with van der Waals surface area (Å²) < 4.78 is 13.1. The molecule has 2 aromatic rings. The lowest BCUT2D eigenvalue weighted by molar-refractivity contribution is -0.0575. The smallest absolute Gasteiger partial charge is 0.226 e. The maximum atomic E-state index is 9.21. The van der Waals surface area contributed by atoms with Crippen molar-refractivity contribution in [3.05, 3.63) is 11.5 Å². The molecule has 2 fully saturated rings. The van der Waals surface area contributed by atoms with E-state index in [9.17, 15) is 9.79 Å². The number of aliphatic hydroxyl groups is 1. The molecule has 1 aliphatic carbocycles. The average molecular weight is 446 g/mol. The monoisotopic (exact) mass is 445 g/mol. The molecule has 4 rings (SSSR count). The predicted molar refractivity (Wildman–Crippen MR) is 108 cm³/mol. The highest BCUT2D eigenvalue weighted by Gasteiger charge is 2.31. The van der Waals surface area contributed by atoms with Gasteiger partial charge < -0.3 is 29.7 Å². The summed E-state index contributed by atoms with van der Waals surface area (Å²) in [5.74, 6) is -0.296. The Bertz CT molecular complexity index is 834. The van der Waals surface area contributed by atoms with Crippen LogP contribution in [0.5, 0.6) is 0 Å². The van der Waals surface area contributed by atoms with E-state index in [-0.39, 0.29) is 24.2 Å². The Labute approximate surface area is 174 Å². The van der Waals surface area contributed by atoms with E-state index in [0.717, 1.165) is 18.2 Å². The molecule has 3 atom stereocenters. The number of fused-ring (bicyclic) bond motifs is 1. The van der Waals surface area contributed by atoms with Crippen LogP contribution in [0.3, 0.4) is 0 Å². The molecule has 160 valence electrons. The molecule has 2 aliphatic rings. The van der Waals surface area contributed by atoms with Crippen molar-refractivity contribution in [2.45, 2.75) is 62.7 Å². The molecule has 0 amide bonds. The third-order valence-corrected chi connectivity index (χ3v) is 6.37. The van der Waals surface area contributed by atoms with E-state index in [0.29, 0.717) is 30.3 Å². The van der Waals surface area contributed by atoms with Crippen LogP contribution in [0, 0.1) is 0 Å². The molecule has 0 radical (unpaired) electrons. The number of aliphatic hydroxyl groups excluding tert-OH is 1. The Morgan fingerprint density at radius 3 is 2.79 bits per heavy atom. The summed E-state index contributed by atoms with van der Waals surface area (Å²) in [6.45, 7) is -0.296. The van der Waals surface area contributed by atoms with Crippen LogP contribution >= 0.6 is 20.0 Å². The van der Waals surface area contributed by atoms with Crippen molar-refractivity contribution in [1.82, 2.24) is 19.7 Å². The highest BCUT2D eigenvalue weighted by atomic mass is 35.5. The Morgan fingerprint density at radius 2 is 2.07 bits per heavy atom. The maximum absolute atomic E-state index is 9.21. The van der Waals surface area contributed by atoms with Crippen molar-refractivity contribution in [1.29, 1.82) is 0 Å². The molecule has 3 heterocycles. The van der Waals surface area contributed by atoms with Gasteiger partial charge >= 0.3 is 0 Å². The lowest BCUT2D eigenvalue weighted by atomic mass is 10.2. The van der Waals surface area contributed by atoms with Crippen molar-refractivity contribution >= 4 is 36.8 Å². The topological polar surface area (TPSA) is 135 Å². The van der Waals surface area contributed by atoms with E-state index in [1.165, 1.54) is 12.8 Å². The Hall–Kier alpha value is -1.13. The van der Waals surface area contributed by atoms with Crippen LogP contribution in [0.2, 0.25) is 5.28 Å². The van der Waals surface area contributed by atoms with E-state index in [4.69, 9.17) is 26.2 Å². The van der Waals surface area contributed by atoms with Crippen LogP contribution < -0.4 is 5.32 Å². The summed E-state index contributed by atoms with van der Waals surface area (Å²) >= 11 is 6.17. The first-order valence-corrected chi connectivity index (χ1v) is 11.5. The SMILES string of the molecule is OCC(OCC1CCC(n2ncc3c(NC4CCCC4)nc(Cl)nc32)O1)P(O)O. The second kappa shape index (κ2) is 9.34. The third kappa shape index (κ3) is 4.80. The van der Waals surface area contributed by atoms with E-state index in [2.05, 4.69) is 20.4 Å². The zero-order valence-electron chi connectivity index (χ0n) is 15.8. The second-order valence-electron chi connectivity index (χ2n) is 7.37. The van der Waals surface area contributed by atoms with E-state index in [1.54, 1.807) is 10.9 Å². The molecule has 0 aromatic carbocycles. The molecule has 4 N–H and O–H groups in total. The first kappa shape index (κ1) is 21.1. The van der Waals surface area contributed by atoms with Gasteiger partial charge in [-0.05, 0) is 37.3 Å². The van der Waals surface area contributed by atoms with Crippen molar-refractivity contribution in [2.75, 3.05) is 18.5 Å². The van der Waals surface area contributed by atoms with Gasteiger partial charge in [-0.15, -0.1) is 0 Å². The standard InChI is InChI=1S/C17H25ClN5O5P/c18-17-21-15(20-10-3-1-2-4-10)12-7-19-23(16(12)22-17)13-6-5-11(28-13)9-27-14(8-24)29(25)26/h7,10-11,13-14,24-26H,1-6,8-9H2,(H,20,21,22). The fraction of sp³-hybridized carbons (Fsp3) is 0.706. The normalized spacial score (nSPS) is 24.0. The minimum absolute atomic E-state index is 0.155. The van der Waals surface area contributed by atoms with Crippen molar-refractivity contribution < 1.29 is 24.4 Å². The molecule has 0 spiro atoms. The van der Waals surface area contributed by atoms with Gasteiger partial charge in [0.2, 0.25) is 5.28 Å². The second-order valence-corrected chi connectivity index (χ2v) is 8.93. The molecule has 1 saturated heterocycles. The largest absolute Gasteiger partial charge is 0.393 e. The zero-order chi connectivity index (χ0) is 20.4. The Morgan fingerprint density at radius 1 is 1.28 bits per heavy atom. The number of nitrogens with one attached hydrogen (secondary N) is 1. The van der Waals surface area contributed by atoms with Gasteiger partial charge in [0.05, 0.1) is 30.9 Å². The fourth-order valence-corrected chi connectivity index (χ4v) is 4.41. The highest BCUT2D eigenvalue weighted by Crippen LogP contribution is 2.35. The summed E-state index contributed by atoms with van der Waals surface area (Å²) in [5, 5.41) is 18.0. The molecule has 29 heavy (non-hydrogen) atoms. The fourth-order valence-electron chi connectivity index (χ4n) is 3.88. The van der Waals surface area contributed by atoms with Gasteiger partial charge in [0.15, 0.2) is 20.3 Å². The van der Waals surface area contributed by atoms with Crippen LogP contribution in [0.4, 0.5) is 5.82 Å². The molecule has 12 heteroatoms. The lowest BCUT2D eigenvalue weighted by Gasteiger charge is -2.19. The number of nitrogens with zero attached hydrogens (tertiary/aromatic N) is 4. The third-order valence-electron chi connectivity index (χ3n) is 5.37. The number of anilines is 1. The number of aromatic nitrogens is 4. The van der Waals surface area contributed by atoms with Crippen LogP contribution in [0.1, 0.15) is 44.8 Å². The Balaban J connectivity index is 1.46. The highest BCUT2D eigenvalue weighted by molar-refractivity contribution is 7.45. The zero-order valence-corrected chi connectivity index (χ0v) is 17.5. The van der Waals surface area contributed by atoms with Crippen LogP contribution in [0.15, 0.2) is 6.20 Å². The summed E-state index contributed by atoms with van der Waals surface area (Å²) in [6, 6.07) is 0.389. The molecule has 1 saturated carbocycles. The van der Waals surface area contributed by atoms with Crippen molar-refractivity contribution in [3.8, 4) is 0 Å². The molecule has 3 unspecified atom stereocenters. The molecule has 1 aliphatic heterocycles. The first-order chi connectivity index (χ1) is 14.0. The van der Waals surface area contributed by atoms with Crippen molar-refractivity contribution in [3.63, 3.8) is 0 Å². The molecule has 0 bridgehead atoms. The van der Waals surface area contributed by atoms with Crippen LogP contribution in [-0.4, -0.2) is 65.8 Å². The molecule has 2 aromatic heterocycles. The molecule has 10 nitrogen and oxygen atoms in total. The van der Waals surface area contributed by atoms with Gasteiger partial charge in [-0.25, -0.2) is 4.68 Å². The number of hydrogen-bond acceptors (Lipinski definition) is 9. The number of ether oxygens (including phenoxy) is 2. The van der Waals surface area contributed by atoms with Gasteiger partial charge in [0, 0.05) is 6.04 Å². The van der Waals surface area contributed by atoms with Crippen molar-refractivity contribution in [2.24, 2.45) is 0 Å². The van der Waals surface area contributed by atoms with Gasteiger partial charge in [-0.2, -0.15) is 15.1 Å². The van der Waals surface area contributed by atoms with Gasteiger partial charge in [-0.1, -0.05) is 12.8 Å². The molecular formula is C17H25ClN5O5P. The lowest BCUT2D eigenvalue weighted by Crippen LogP contribution is -2.23. The molecular weight excluding hydrogens is 421 g/mol. The Kier molecular flexibility index (Phi) is 6.80. The van der Waals surface area contributed by atoms with E-state index in [1.807, 2.05) is 0 Å². The van der Waals surface area contributed by atoms with Crippen LogP contribution in [0.25, 0.3) is 11.0 Å². The summed E-state index contributed by atoms with van der Waals surface area (Å²) in [6.07, 6.45) is 7.23. The summed E-state index contributed by atoms with van der Waals surface area (Å²) in [5.41, 5.74) is 0.611. The minimum atomic E-state index is -2.35. The predicted octanol–water partition coefficient (Wildman–Crippen LogP) is 2.14.